The molecule has 2 atom stereocenters. The summed E-state index contributed by atoms with van der Waals surface area (Å²) in [6.45, 7) is 0.903. The van der Waals surface area contributed by atoms with Crippen molar-refractivity contribution >= 4 is 24.1 Å². The molecule has 2 unspecified atom stereocenters. The molecule has 2 aliphatic heterocycles. The van der Waals surface area contributed by atoms with Gasteiger partial charge in [-0.15, -0.1) is 0 Å². The van der Waals surface area contributed by atoms with E-state index in [0.29, 0.717) is 11.4 Å². The van der Waals surface area contributed by atoms with Crippen molar-refractivity contribution in [1.29, 1.82) is 0 Å². The van der Waals surface area contributed by atoms with Crippen molar-refractivity contribution in [3.05, 3.63) is 0 Å². The van der Waals surface area contributed by atoms with Crippen LogP contribution in [-0.2, 0) is 8.37 Å². The van der Waals surface area contributed by atoms with Crippen molar-refractivity contribution in [3.8, 4) is 0 Å². The summed E-state index contributed by atoms with van der Waals surface area (Å²) in [6, 6.07) is 0. The minimum atomic E-state index is 0.456. The maximum atomic E-state index is 5.45. The monoisotopic (exact) mass is 178 g/mol. The van der Waals surface area contributed by atoms with Crippen LogP contribution in [0.5, 0.6) is 0 Å². The lowest BCUT2D eigenvalue weighted by molar-refractivity contribution is 0.253. The fourth-order valence-electron chi connectivity index (χ4n) is 1.19. The number of rotatable bonds is 1. The molecule has 2 aliphatic rings. The predicted octanol–water partition coefficient (Wildman–Crippen LogP) is 1.86. The molecular weight excluding hydrogens is 168 g/mol. The van der Waals surface area contributed by atoms with Crippen molar-refractivity contribution in [3.63, 3.8) is 0 Å². The first-order valence-electron chi connectivity index (χ1n) is 3.53. The van der Waals surface area contributed by atoms with E-state index in [9.17, 15) is 0 Å². The van der Waals surface area contributed by atoms with Crippen molar-refractivity contribution in [2.75, 3.05) is 12.4 Å². The van der Waals surface area contributed by atoms with E-state index in [0.717, 1.165) is 18.8 Å². The molecule has 2 rings (SSSR count). The molecule has 58 valence electrons. The van der Waals surface area contributed by atoms with Gasteiger partial charge in [-0.05, 0) is 36.9 Å². The van der Waals surface area contributed by atoms with Crippen LogP contribution in [0.3, 0.4) is 0 Å². The summed E-state index contributed by atoms with van der Waals surface area (Å²) in [7, 11) is 0. The lowest BCUT2D eigenvalue weighted by Crippen LogP contribution is -2.18. The van der Waals surface area contributed by atoms with Crippen LogP contribution in [0.25, 0.3) is 0 Å². The van der Waals surface area contributed by atoms with Gasteiger partial charge in [0, 0.05) is 5.75 Å². The first kappa shape index (κ1) is 7.28. The minimum Gasteiger partial charge on any atom is -0.315 e. The standard InChI is InChI=1S/C6H10O2S2/c1-3-7-10-6(1)5-2-4-9-8-5/h5-6H,1-4H2. The van der Waals surface area contributed by atoms with Crippen LogP contribution in [0.1, 0.15) is 12.8 Å². The molecular formula is C6H10O2S2. The third kappa shape index (κ3) is 1.44. The van der Waals surface area contributed by atoms with Crippen LogP contribution in [0.2, 0.25) is 0 Å². The van der Waals surface area contributed by atoms with Crippen LogP contribution in [-0.4, -0.2) is 23.7 Å². The average molecular weight is 178 g/mol. The van der Waals surface area contributed by atoms with E-state index in [2.05, 4.69) is 0 Å². The Labute approximate surface area is 69.4 Å². The van der Waals surface area contributed by atoms with E-state index in [1.54, 1.807) is 24.1 Å². The Hall–Kier alpha value is 0.620. The topological polar surface area (TPSA) is 18.5 Å². The Bertz CT molecular complexity index is 94.3. The summed E-state index contributed by atoms with van der Waals surface area (Å²) >= 11 is 3.20. The average Bonchev–Trinajstić information content (AvgIpc) is 2.59. The Morgan fingerprint density at radius 1 is 1.30 bits per heavy atom. The molecule has 0 aromatic rings. The Balaban J connectivity index is 1.85. The first-order valence-corrected chi connectivity index (χ1v) is 5.25. The third-order valence-electron chi connectivity index (χ3n) is 1.77. The van der Waals surface area contributed by atoms with Crippen LogP contribution in [0.4, 0.5) is 0 Å². The molecule has 2 nitrogen and oxygen atoms in total. The summed E-state index contributed by atoms with van der Waals surface area (Å²) in [5.41, 5.74) is 0. The van der Waals surface area contributed by atoms with Gasteiger partial charge in [0.1, 0.15) is 0 Å². The Morgan fingerprint density at radius 3 is 2.90 bits per heavy atom. The molecule has 0 amide bonds. The molecule has 0 radical (unpaired) electrons. The van der Waals surface area contributed by atoms with Gasteiger partial charge in [0.15, 0.2) is 0 Å². The van der Waals surface area contributed by atoms with E-state index in [1.165, 1.54) is 6.42 Å². The molecule has 0 aromatic carbocycles. The zero-order valence-electron chi connectivity index (χ0n) is 5.62. The number of hydrogen-bond acceptors (Lipinski definition) is 4. The molecule has 0 aromatic heterocycles. The van der Waals surface area contributed by atoms with Gasteiger partial charge in [-0.1, -0.05) is 0 Å². The highest BCUT2D eigenvalue weighted by atomic mass is 32.2. The summed E-state index contributed by atoms with van der Waals surface area (Å²) in [6.07, 6.45) is 2.82. The van der Waals surface area contributed by atoms with Crippen molar-refractivity contribution in [2.45, 2.75) is 24.2 Å². The molecule has 2 heterocycles. The van der Waals surface area contributed by atoms with Gasteiger partial charge < -0.3 is 8.37 Å². The van der Waals surface area contributed by atoms with Crippen molar-refractivity contribution < 1.29 is 8.37 Å². The van der Waals surface area contributed by atoms with E-state index in [-0.39, 0.29) is 0 Å². The number of hydrogen-bond donors (Lipinski definition) is 0. The van der Waals surface area contributed by atoms with Crippen LogP contribution in [0.15, 0.2) is 0 Å². The summed E-state index contributed by atoms with van der Waals surface area (Å²) in [5, 5.41) is 0.606. The van der Waals surface area contributed by atoms with Gasteiger partial charge >= 0.3 is 0 Å². The normalized spacial score (nSPS) is 40.8. The molecule has 0 bridgehead atoms. The second kappa shape index (κ2) is 3.34. The molecule has 0 spiro atoms. The third-order valence-corrected chi connectivity index (χ3v) is 3.64. The molecule has 2 saturated heterocycles. The van der Waals surface area contributed by atoms with E-state index < -0.39 is 0 Å². The molecule has 0 saturated carbocycles. The summed E-state index contributed by atoms with van der Waals surface area (Å²) < 4.78 is 10.6. The van der Waals surface area contributed by atoms with Gasteiger partial charge in [-0.25, -0.2) is 0 Å². The van der Waals surface area contributed by atoms with Gasteiger partial charge in [0.2, 0.25) is 0 Å². The molecule has 10 heavy (non-hydrogen) atoms. The van der Waals surface area contributed by atoms with Crippen LogP contribution in [0, 0.1) is 0 Å². The lowest BCUT2D eigenvalue weighted by Gasteiger charge is -2.11. The second-order valence-corrected chi connectivity index (χ2v) is 4.36. The largest absolute Gasteiger partial charge is 0.315 e. The van der Waals surface area contributed by atoms with E-state index in [4.69, 9.17) is 8.37 Å². The molecule has 2 fully saturated rings. The van der Waals surface area contributed by atoms with E-state index in [1.807, 2.05) is 0 Å². The van der Waals surface area contributed by atoms with Gasteiger partial charge in [0.05, 0.1) is 18.0 Å². The summed E-state index contributed by atoms with van der Waals surface area (Å²) in [5.74, 6) is 1.15. The van der Waals surface area contributed by atoms with Gasteiger partial charge in [0.25, 0.3) is 0 Å². The maximum Gasteiger partial charge on any atom is 0.0872 e. The minimum absolute atomic E-state index is 0.456. The highest BCUT2D eigenvalue weighted by molar-refractivity contribution is 7.96. The first-order chi connectivity index (χ1) is 4.97. The fraction of sp³-hybridized carbons (Fsp3) is 1.00. The van der Waals surface area contributed by atoms with Crippen molar-refractivity contribution in [1.82, 2.24) is 0 Å². The second-order valence-electron chi connectivity index (χ2n) is 2.49. The molecule has 4 heteroatoms. The summed E-state index contributed by atoms with van der Waals surface area (Å²) in [4.78, 5) is 0. The quantitative estimate of drug-likeness (QED) is 0.570. The van der Waals surface area contributed by atoms with Gasteiger partial charge in [-0.2, -0.15) is 0 Å². The Kier molecular flexibility index (Phi) is 2.43. The van der Waals surface area contributed by atoms with Crippen LogP contribution < -0.4 is 0 Å². The van der Waals surface area contributed by atoms with Gasteiger partial charge in [-0.3, -0.25) is 0 Å². The van der Waals surface area contributed by atoms with E-state index >= 15 is 0 Å². The zero-order valence-corrected chi connectivity index (χ0v) is 7.25. The fourth-order valence-corrected chi connectivity index (χ4v) is 2.97. The lowest BCUT2D eigenvalue weighted by atomic mass is 10.1. The smallest absolute Gasteiger partial charge is 0.0872 e. The molecule has 0 N–H and O–H groups in total. The maximum absolute atomic E-state index is 5.45. The highest BCUT2D eigenvalue weighted by Crippen LogP contribution is 2.35. The highest BCUT2D eigenvalue weighted by Gasteiger charge is 2.30. The zero-order chi connectivity index (χ0) is 6.81. The van der Waals surface area contributed by atoms with Crippen molar-refractivity contribution in [2.24, 2.45) is 0 Å². The predicted molar refractivity (Wildman–Crippen MR) is 43.9 cm³/mol. The van der Waals surface area contributed by atoms with Crippen LogP contribution >= 0.6 is 24.1 Å². The SMILES string of the molecule is C1CC(C2CCSO2)SO1. The Morgan fingerprint density at radius 2 is 2.30 bits per heavy atom. The molecule has 0 aliphatic carbocycles.